The van der Waals surface area contributed by atoms with E-state index < -0.39 is 8.07 Å². The molecule has 263 valence electrons. The Balaban J connectivity index is 0.000000175. The Morgan fingerprint density at radius 3 is 2.25 bits per heavy atom. The molecule has 4 aromatic heterocycles. The first-order valence-electron chi connectivity index (χ1n) is 17.7. The van der Waals surface area contributed by atoms with Gasteiger partial charge in [-0.3, -0.25) is 0 Å². The van der Waals surface area contributed by atoms with Gasteiger partial charge in [-0.2, -0.15) is 0 Å². The molecule has 0 fully saturated rings. The smallest absolute Gasteiger partial charge is 0.216 e. The van der Waals surface area contributed by atoms with Gasteiger partial charge < -0.3 is 14.4 Å². The Kier molecular flexibility index (Phi) is 11.0. The number of hydrogen-bond acceptors (Lipinski definition) is 4. The van der Waals surface area contributed by atoms with E-state index in [-0.39, 0.29) is 20.1 Å². The number of aryl methyl sites for hydroxylation is 2. The fraction of sp³-hybridized carbons (Fsp3) is 0.196. The predicted molar refractivity (Wildman–Crippen MR) is 216 cm³/mol. The van der Waals surface area contributed by atoms with E-state index in [0.29, 0.717) is 11.6 Å². The second-order valence-electron chi connectivity index (χ2n) is 14.8. The van der Waals surface area contributed by atoms with Crippen molar-refractivity contribution in [3.63, 3.8) is 0 Å². The van der Waals surface area contributed by atoms with Crippen LogP contribution in [0, 0.1) is 31.9 Å². The van der Waals surface area contributed by atoms with Gasteiger partial charge >= 0.3 is 0 Å². The first kappa shape index (κ1) is 37.0. The first-order valence-corrected chi connectivity index (χ1v) is 21.2. The molecule has 52 heavy (non-hydrogen) atoms. The molecule has 4 nitrogen and oxygen atoms in total. The number of pyridine rings is 3. The van der Waals surface area contributed by atoms with E-state index in [9.17, 15) is 0 Å². The summed E-state index contributed by atoms with van der Waals surface area (Å²) in [5.41, 5.74) is 11.4. The van der Waals surface area contributed by atoms with E-state index in [0.717, 1.165) is 51.0 Å². The van der Waals surface area contributed by atoms with Crippen LogP contribution in [0.5, 0.6) is 0 Å². The third kappa shape index (κ3) is 7.71. The van der Waals surface area contributed by atoms with Crippen molar-refractivity contribution in [1.82, 2.24) is 15.0 Å². The number of hydrogen-bond donors (Lipinski definition) is 0. The summed E-state index contributed by atoms with van der Waals surface area (Å²) in [7, 11) is -1.54. The van der Waals surface area contributed by atoms with Gasteiger partial charge in [0.1, 0.15) is 0 Å². The van der Waals surface area contributed by atoms with Crippen LogP contribution in [0.3, 0.4) is 0 Å². The molecule has 8 rings (SSSR count). The van der Waals surface area contributed by atoms with E-state index in [1.54, 1.807) is 0 Å². The Morgan fingerprint density at radius 2 is 1.48 bits per heavy atom. The third-order valence-corrected chi connectivity index (χ3v) is 11.3. The number of aromatic nitrogens is 3. The van der Waals surface area contributed by atoms with Crippen LogP contribution >= 0.6 is 0 Å². The van der Waals surface area contributed by atoms with Gasteiger partial charge in [-0.25, -0.2) is 4.98 Å². The van der Waals surface area contributed by atoms with Gasteiger partial charge in [0.2, 0.25) is 5.71 Å². The molecule has 1 radical (unpaired) electrons. The summed E-state index contributed by atoms with van der Waals surface area (Å²) >= 11 is 0. The molecular weight excluding hydrogens is 831 g/mol. The summed E-state index contributed by atoms with van der Waals surface area (Å²) in [6, 6.07) is 42.3. The Bertz CT molecular complexity index is 2490. The van der Waals surface area contributed by atoms with Gasteiger partial charge in [-0.1, -0.05) is 105 Å². The zero-order valence-corrected chi connectivity index (χ0v) is 34.2. The molecule has 4 aromatic carbocycles. The molecule has 0 bridgehead atoms. The van der Waals surface area contributed by atoms with Crippen molar-refractivity contribution >= 4 is 46.1 Å². The monoisotopic (exact) mass is 874 g/mol. The standard InChI is InChI=1S/C24H22NSi.C22H21N2O.Ir/c1-26(2,3)24-17-25-23(19-11-5-4-6-12-19)16-22(24)21-15-9-13-18-10-7-8-14-20(18)21;1-13(2)10-16-11-20(23-12-14(16)3)19-7-5-6-17-18-9-8-15(4)24-22(18)25-21(17)19;/h4-11,13-17H,1-3H3;5-6,8-9,11-13H,10H2,1-4H3;/q2*-1;. The molecule has 0 aliphatic heterocycles. The van der Waals surface area contributed by atoms with E-state index in [1.807, 2.05) is 49.5 Å². The van der Waals surface area contributed by atoms with Crippen LogP contribution in [0.1, 0.15) is 30.7 Å². The van der Waals surface area contributed by atoms with E-state index >= 15 is 0 Å². The van der Waals surface area contributed by atoms with E-state index in [1.165, 1.54) is 38.2 Å². The maximum absolute atomic E-state index is 6.09. The second kappa shape index (κ2) is 15.5. The number of rotatable bonds is 6. The molecule has 0 aliphatic carbocycles. The molecule has 0 atom stereocenters. The minimum Gasteiger partial charge on any atom is -0.486 e. The fourth-order valence-electron chi connectivity index (χ4n) is 6.70. The van der Waals surface area contributed by atoms with Gasteiger partial charge in [0.25, 0.3) is 0 Å². The minimum atomic E-state index is -1.54. The molecule has 8 aromatic rings. The summed E-state index contributed by atoms with van der Waals surface area (Å²) in [6.07, 6.45) is 5.09. The first-order chi connectivity index (χ1) is 24.6. The molecule has 0 saturated carbocycles. The van der Waals surface area contributed by atoms with Crippen LogP contribution in [-0.4, -0.2) is 23.0 Å². The molecule has 0 aliphatic rings. The maximum atomic E-state index is 6.09. The number of benzene rings is 4. The van der Waals surface area contributed by atoms with Crippen molar-refractivity contribution in [2.24, 2.45) is 5.92 Å². The van der Waals surface area contributed by atoms with Crippen molar-refractivity contribution in [2.75, 3.05) is 0 Å². The summed E-state index contributed by atoms with van der Waals surface area (Å²) in [4.78, 5) is 13.9. The number of nitrogens with zero attached hydrogens (tertiary/aromatic N) is 3. The summed E-state index contributed by atoms with van der Waals surface area (Å²) in [5, 5.41) is 6.06. The third-order valence-electron chi connectivity index (χ3n) is 9.31. The Hall–Kier alpha value is -4.74. The normalized spacial score (nSPS) is 11.5. The summed E-state index contributed by atoms with van der Waals surface area (Å²) in [6.45, 7) is 15.7. The Labute approximate surface area is 321 Å². The van der Waals surface area contributed by atoms with Gasteiger partial charge in [0, 0.05) is 43.6 Å². The van der Waals surface area contributed by atoms with Crippen LogP contribution in [0.2, 0.25) is 19.6 Å². The van der Waals surface area contributed by atoms with Gasteiger partial charge in [-0.15, -0.1) is 54.1 Å². The molecule has 0 unspecified atom stereocenters. The van der Waals surface area contributed by atoms with Crippen LogP contribution in [0.4, 0.5) is 0 Å². The molecule has 4 heterocycles. The summed E-state index contributed by atoms with van der Waals surface area (Å²) in [5.74, 6) is 0.604. The molecule has 0 spiro atoms. The van der Waals surface area contributed by atoms with Gasteiger partial charge in [-0.05, 0) is 82.4 Å². The van der Waals surface area contributed by atoms with Crippen molar-refractivity contribution in [3.05, 3.63) is 144 Å². The van der Waals surface area contributed by atoms with Crippen LogP contribution in [0.15, 0.2) is 120 Å². The quantitative estimate of drug-likeness (QED) is 0.123. The molecular formula is C46H43IrN3OSi-2. The van der Waals surface area contributed by atoms with Crippen molar-refractivity contribution in [1.29, 1.82) is 0 Å². The van der Waals surface area contributed by atoms with Crippen LogP contribution in [0.25, 0.3) is 66.5 Å². The largest absolute Gasteiger partial charge is 0.486 e. The summed E-state index contributed by atoms with van der Waals surface area (Å²) < 4.78 is 6.09. The van der Waals surface area contributed by atoms with Gasteiger partial charge in [0.05, 0.1) is 13.7 Å². The van der Waals surface area contributed by atoms with Gasteiger partial charge in [0.15, 0.2) is 0 Å². The minimum absolute atomic E-state index is 0. The molecule has 0 N–H and O–H groups in total. The predicted octanol–water partition coefficient (Wildman–Crippen LogP) is 11.6. The molecule has 0 saturated heterocycles. The SMILES string of the molecule is C[Si](C)(C)c1cnc(-c2[c-]cccc2)cc1-c1cccc2ccccc12.Cc1ccc2c(n1)oc1c(-c3cc(CC(C)C)c(C)cn3)[c-]ccc12.[Ir]. The van der Waals surface area contributed by atoms with Crippen LogP contribution < -0.4 is 5.19 Å². The molecule has 6 heteroatoms. The zero-order valence-electron chi connectivity index (χ0n) is 30.8. The fourth-order valence-corrected chi connectivity index (χ4v) is 8.17. The van der Waals surface area contributed by atoms with Crippen molar-refractivity contribution in [3.8, 4) is 33.6 Å². The van der Waals surface area contributed by atoms with E-state index in [2.05, 4.69) is 135 Å². The topological polar surface area (TPSA) is 51.8 Å². The average Bonchev–Trinajstić information content (AvgIpc) is 3.50. The van der Waals surface area contributed by atoms with Crippen molar-refractivity contribution in [2.45, 2.75) is 53.8 Å². The average molecular weight is 874 g/mol. The van der Waals surface area contributed by atoms with E-state index in [4.69, 9.17) is 9.40 Å². The number of furan rings is 1. The second-order valence-corrected chi connectivity index (χ2v) is 19.8. The Morgan fingerprint density at radius 1 is 0.712 bits per heavy atom. The van der Waals surface area contributed by atoms with Crippen LogP contribution in [-0.2, 0) is 26.5 Å². The number of fused-ring (bicyclic) bond motifs is 4. The molecule has 0 amide bonds. The maximum Gasteiger partial charge on any atom is 0.216 e. The van der Waals surface area contributed by atoms with Crippen molar-refractivity contribution < 1.29 is 24.5 Å². The zero-order chi connectivity index (χ0) is 35.7.